The second kappa shape index (κ2) is 6.35. The highest BCUT2D eigenvalue weighted by Gasteiger charge is 2.28. The molecule has 1 saturated heterocycles. The molecule has 0 saturated carbocycles. The van der Waals surface area contributed by atoms with Crippen molar-refractivity contribution in [3.8, 4) is 6.07 Å². The van der Waals surface area contributed by atoms with Crippen molar-refractivity contribution in [3.05, 3.63) is 29.8 Å². The van der Waals surface area contributed by atoms with Crippen molar-refractivity contribution in [1.82, 2.24) is 4.72 Å². The third-order valence-corrected chi connectivity index (χ3v) is 4.98. The molecule has 1 N–H and O–H groups in total. The van der Waals surface area contributed by atoms with Gasteiger partial charge in [0.15, 0.2) is 0 Å². The molecule has 2 rings (SSSR count). The lowest BCUT2D eigenvalue weighted by Gasteiger charge is -2.17. The average Bonchev–Trinajstić information content (AvgIpc) is 2.93. The zero-order valence-corrected chi connectivity index (χ0v) is 12.2. The summed E-state index contributed by atoms with van der Waals surface area (Å²) in [5.74, 6) is 0.217. The molecule has 5 nitrogen and oxygen atoms in total. The number of nitrogens with zero attached hydrogens (tertiary/aromatic N) is 1. The SMILES string of the molecule is CCC1OCCC1CNS(=O)(=O)c1cccc(C#N)c1. The van der Waals surface area contributed by atoms with Gasteiger partial charge < -0.3 is 4.74 Å². The summed E-state index contributed by atoms with van der Waals surface area (Å²) in [6.07, 6.45) is 1.89. The molecule has 1 aromatic rings. The number of sulfonamides is 1. The molecule has 0 aliphatic carbocycles. The van der Waals surface area contributed by atoms with Crippen LogP contribution in [0.4, 0.5) is 0 Å². The molecule has 6 heteroatoms. The molecular formula is C14H18N2O3S. The fraction of sp³-hybridized carbons (Fsp3) is 0.500. The topological polar surface area (TPSA) is 79.2 Å². The molecule has 1 aliphatic heterocycles. The standard InChI is InChI=1S/C14H18N2O3S/c1-2-14-12(6-7-19-14)10-16-20(17,18)13-5-3-4-11(8-13)9-15/h3-5,8,12,14,16H,2,6-7,10H2,1H3. The second-order valence-electron chi connectivity index (χ2n) is 4.86. The smallest absolute Gasteiger partial charge is 0.240 e. The highest BCUT2D eigenvalue weighted by Crippen LogP contribution is 2.23. The third kappa shape index (κ3) is 3.37. The van der Waals surface area contributed by atoms with Gasteiger partial charge in [-0.25, -0.2) is 13.1 Å². The van der Waals surface area contributed by atoms with Gasteiger partial charge in [-0.05, 0) is 31.0 Å². The summed E-state index contributed by atoms with van der Waals surface area (Å²) in [7, 11) is -3.57. The first-order valence-corrected chi connectivity index (χ1v) is 8.16. The Labute approximate surface area is 119 Å². The Balaban J connectivity index is 2.06. The average molecular weight is 294 g/mol. The molecule has 1 aliphatic rings. The Kier molecular flexibility index (Phi) is 4.76. The van der Waals surface area contributed by atoms with E-state index in [0.717, 1.165) is 12.8 Å². The van der Waals surface area contributed by atoms with Crippen LogP contribution in [-0.2, 0) is 14.8 Å². The van der Waals surface area contributed by atoms with Crippen LogP contribution in [0.1, 0.15) is 25.3 Å². The van der Waals surface area contributed by atoms with Crippen molar-refractivity contribution in [2.45, 2.75) is 30.8 Å². The molecule has 1 heterocycles. The summed E-state index contributed by atoms with van der Waals surface area (Å²) in [6.45, 7) is 3.10. The van der Waals surface area contributed by atoms with Crippen LogP contribution in [0.2, 0.25) is 0 Å². The van der Waals surface area contributed by atoms with Gasteiger partial charge in [-0.3, -0.25) is 0 Å². The summed E-state index contributed by atoms with van der Waals surface area (Å²) in [6, 6.07) is 7.96. The van der Waals surface area contributed by atoms with Gasteiger partial charge in [0.05, 0.1) is 22.6 Å². The van der Waals surface area contributed by atoms with E-state index in [2.05, 4.69) is 4.72 Å². The Morgan fingerprint density at radius 2 is 2.30 bits per heavy atom. The minimum atomic E-state index is -3.57. The van der Waals surface area contributed by atoms with Crippen molar-refractivity contribution in [2.24, 2.45) is 5.92 Å². The lowest BCUT2D eigenvalue weighted by Crippen LogP contribution is -2.32. The van der Waals surface area contributed by atoms with E-state index in [9.17, 15) is 8.42 Å². The first kappa shape index (κ1) is 15.0. The molecule has 0 aromatic heterocycles. The maximum absolute atomic E-state index is 12.2. The van der Waals surface area contributed by atoms with Crippen molar-refractivity contribution in [1.29, 1.82) is 5.26 Å². The second-order valence-corrected chi connectivity index (χ2v) is 6.62. The lowest BCUT2D eigenvalue weighted by atomic mass is 10.0. The van der Waals surface area contributed by atoms with Gasteiger partial charge in [0.25, 0.3) is 0 Å². The zero-order chi connectivity index (χ0) is 14.6. The number of rotatable bonds is 5. The number of nitrogens with one attached hydrogen (secondary N) is 1. The molecule has 0 radical (unpaired) electrons. The van der Waals surface area contributed by atoms with Crippen molar-refractivity contribution < 1.29 is 13.2 Å². The summed E-state index contributed by atoms with van der Waals surface area (Å²) >= 11 is 0. The minimum absolute atomic E-state index is 0.128. The predicted octanol–water partition coefficient (Wildman–Crippen LogP) is 1.65. The maximum Gasteiger partial charge on any atom is 0.240 e. The molecule has 20 heavy (non-hydrogen) atoms. The Bertz CT molecular complexity index is 607. The molecule has 0 spiro atoms. The number of hydrogen-bond acceptors (Lipinski definition) is 4. The van der Waals surface area contributed by atoms with Gasteiger partial charge in [0, 0.05) is 19.1 Å². The van der Waals surface area contributed by atoms with Gasteiger partial charge in [0.1, 0.15) is 0 Å². The van der Waals surface area contributed by atoms with E-state index in [1.54, 1.807) is 12.1 Å². The Morgan fingerprint density at radius 3 is 3.00 bits per heavy atom. The van der Waals surface area contributed by atoms with Crippen molar-refractivity contribution >= 4 is 10.0 Å². The molecule has 1 fully saturated rings. The van der Waals surface area contributed by atoms with Crippen LogP contribution in [0, 0.1) is 17.2 Å². The van der Waals surface area contributed by atoms with E-state index < -0.39 is 10.0 Å². The molecular weight excluding hydrogens is 276 g/mol. The molecule has 2 atom stereocenters. The normalized spacial score (nSPS) is 22.6. The summed E-state index contributed by atoms with van der Waals surface area (Å²) < 4.78 is 32.5. The van der Waals surface area contributed by atoms with Crippen LogP contribution in [-0.4, -0.2) is 27.7 Å². The highest BCUT2D eigenvalue weighted by molar-refractivity contribution is 7.89. The van der Waals surface area contributed by atoms with Crippen LogP contribution < -0.4 is 4.72 Å². The fourth-order valence-corrected chi connectivity index (χ4v) is 3.55. The predicted molar refractivity (Wildman–Crippen MR) is 74.5 cm³/mol. The first-order valence-electron chi connectivity index (χ1n) is 6.68. The van der Waals surface area contributed by atoms with Crippen LogP contribution >= 0.6 is 0 Å². The van der Waals surface area contributed by atoms with E-state index in [0.29, 0.717) is 18.7 Å². The molecule has 1 aromatic carbocycles. The number of ether oxygens (including phenoxy) is 1. The van der Waals surface area contributed by atoms with Gasteiger partial charge in [-0.15, -0.1) is 0 Å². The summed E-state index contributed by atoms with van der Waals surface area (Å²) in [5.41, 5.74) is 0.337. The Hall–Kier alpha value is -1.42. The fourth-order valence-electron chi connectivity index (χ4n) is 2.41. The summed E-state index contributed by atoms with van der Waals surface area (Å²) in [4.78, 5) is 0.128. The van der Waals surface area contributed by atoms with E-state index in [4.69, 9.17) is 10.00 Å². The molecule has 0 amide bonds. The summed E-state index contributed by atoms with van der Waals surface area (Å²) in [5, 5.41) is 8.82. The number of hydrogen-bond donors (Lipinski definition) is 1. The van der Waals surface area contributed by atoms with Gasteiger partial charge in [0.2, 0.25) is 10.0 Å². The van der Waals surface area contributed by atoms with Crippen LogP contribution in [0.5, 0.6) is 0 Å². The Morgan fingerprint density at radius 1 is 1.50 bits per heavy atom. The van der Waals surface area contributed by atoms with Gasteiger partial charge in [-0.2, -0.15) is 5.26 Å². The van der Waals surface area contributed by atoms with Crippen LogP contribution in [0.3, 0.4) is 0 Å². The molecule has 2 unspecified atom stereocenters. The van der Waals surface area contributed by atoms with Crippen LogP contribution in [0.25, 0.3) is 0 Å². The monoisotopic (exact) mass is 294 g/mol. The largest absolute Gasteiger partial charge is 0.378 e. The van der Waals surface area contributed by atoms with E-state index in [1.165, 1.54) is 12.1 Å². The first-order chi connectivity index (χ1) is 9.56. The maximum atomic E-state index is 12.2. The number of benzene rings is 1. The van der Waals surface area contributed by atoms with Gasteiger partial charge in [-0.1, -0.05) is 13.0 Å². The van der Waals surface area contributed by atoms with Gasteiger partial charge >= 0.3 is 0 Å². The number of nitriles is 1. The van der Waals surface area contributed by atoms with E-state index in [-0.39, 0.29) is 16.9 Å². The quantitative estimate of drug-likeness (QED) is 0.895. The van der Waals surface area contributed by atoms with E-state index >= 15 is 0 Å². The van der Waals surface area contributed by atoms with Crippen LogP contribution in [0.15, 0.2) is 29.2 Å². The third-order valence-electron chi connectivity index (χ3n) is 3.56. The lowest BCUT2D eigenvalue weighted by molar-refractivity contribution is 0.0884. The minimum Gasteiger partial charge on any atom is -0.378 e. The molecule has 108 valence electrons. The van der Waals surface area contributed by atoms with E-state index in [1.807, 2.05) is 13.0 Å². The van der Waals surface area contributed by atoms with Crippen molar-refractivity contribution in [2.75, 3.05) is 13.2 Å². The highest BCUT2D eigenvalue weighted by atomic mass is 32.2. The zero-order valence-electron chi connectivity index (χ0n) is 11.4. The van der Waals surface area contributed by atoms with Crippen molar-refractivity contribution in [3.63, 3.8) is 0 Å². The molecule has 0 bridgehead atoms.